The number of nitrogens with one attached hydrogen (secondary N) is 1. The van der Waals surface area contributed by atoms with Crippen molar-refractivity contribution in [3.05, 3.63) is 33.8 Å². The Morgan fingerprint density at radius 1 is 1.47 bits per heavy atom. The van der Waals surface area contributed by atoms with Gasteiger partial charge in [-0.1, -0.05) is 11.6 Å². The molecule has 1 saturated carbocycles. The molecular weight excluding hydrogens is 258 g/mol. The molecule has 1 aliphatic carbocycles. The number of carboxylic acid groups (broad SMARTS) is 1. The van der Waals surface area contributed by atoms with Crippen LogP contribution in [0.2, 0.25) is 4.34 Å². The summed E-state index contributed by atoms with van der Waals surface area (Å²) in [5, 5.41) is 9.17. The van der Waals surface area contributed by atoms with Crippen molar-refractivity contribution in [3.63, 3.8) is 0 Å². The zero-order valence-electron chi connectivity index (χ0n) is 8.87. The van der Waals surface area contributed by atoms with Gasteiger partial charge in [0.25, 0.3) is 0 Å². The number of H-pyrrole nitrogens is 1. The molecule has 0 bridgehead atoms. The summed E-state index contributed by atoms with van der Waals surface area (Å²) in [6.45, 7) is 0. The maximum Gasteiger partial charge on any atom is 0.337 e. The first-order valence-electron chi connectivity index (χ1n) is 5.37. The summed E-state index contributed by atoms with van der Waals surface area (Å²) in [6.07, 6.45) is 2.15. The zero-order valence-corrected chi connectivity index (χ0v) is 10.4. The lowest BCUT2D eigenvalue weighted by Gasteiger charge is -1.95. The summed E-state index contributed by atoms with van der Waals surface area (Å²) in [5.41, 5.74) is 2.10. The van der Waals surface area contributed by atoms with Crippen molar-refractivity contribution in [2.24, 2.45) is 0 Å². The number of aromatic amines is 1. The molecule has 5 heteroatoms. The van der Waals surface area contributed by atoms with E-state index in [1.807, 2.05) is 12.1 Å². The molecule has 0 aliphatic heterocycles. The molecule has 2 heterocycles. The molecule has 0 unspecified atom stereocenters. The highest BCUT2D eigenvalue weighted by Gasteiger charge is 2.30. The van der Waals surface area contributed by atoms with E-state index in [-0.39, 0.29) is 0 Å². The molecule has 0 aromatic carbocycles. The van der Waals surface area contributed by atoms with Crippen molar-refractivity contribution in [2.75, 3.05) is 0 Å². The van der Waals surface area contributed by atoms with Crippen LogP contribution in [0.3, 0.4) is 0 Å². The lowest BCUT2D eigenvalue weighted by atomic mass is 10.2. The quantitative estimate of drug-likeness (QED) is 0.884. The van der Waals surface area contributed by atoms with Gasteiger partial charge in [0.05, 0.1) is 20.5 Å². The third-order valence-corrected chi connectivity index (χ3v) is 4.17. The van der Waals surface area contributed by atoms with Gasteiger partial charge in [-0.25, -0.2) is 4.79 Å². The number of halogens is 1. The maximum atomic E-state index is 11.2. The number of aromatic nitrogens is 1. The van der Waals surface area contributed by atoms with Crippen molar-refractivity contribution < 1.29 is 9.90 Å². The van der Waals surface area contributed by atoms with Crippen molar-refractivity contribution in [1.82, 2.24) is 4.98 Å². The van der Waals surface area contributed by atoms with E-state index < -0.39 is 5.97 Å². The van der Waals surface area contributed by atoms with Crippen molar-refractivity contribution in [2.45, 2.75) is 18.8 Å². The molecule has 2 N–H and O–H groups in total. The Hall–Kier alpha value is -1.26. The molecule has 0 amide bonds. The Kier molecular flexibility index (Phi) is 2.49. The van der Waals surface area contributed by atoms with E-state index in [1.165, 1.54) is 11.3 Å². The van der Waals surface area contributed by atoms with Crippen LogP contribution < -0.4 is 0 Å². The van der Waals surface area contributed by atoms with E-state index in [1.54, 1.807) is 6.07 Å². The van der Waals surface area contributed by atoms with Crippen LogP contribution in [0.4, 0.5) is 0 Å². The second kappa shape index (κ2) is 3.89. The number of rotatable bonds is 3. The minimum atomic E-state index is -0.864. The summed E-state index contributed by atoms with van der Waals surface area (Å²) in [7, 11) is 0. The van der Waals surface area contributed by atoms with E-state index in [2.05, 4.69) is 4.98 Å². The van der Waals surface area contributed by atoms with Gasteiger partial charge < -0.3 is 10.1 Å². The Labute approximate surface area is 107 Å². The number of thiophene rings is 1. The monoisotopic (exact) mass is 267 g/mol. The number of aromatic carboxylic acids is 1. The van der Waals surface area contributed by atoms with Crippen LogP contribution in [0, 0.1) is 0 Å². The van der Waals surface area contributed by atoms with Crippen molar-refractivity contribution >= 4 is 28.9 Å². The molecule has 88 valence electrons. The van der Waals surface area contributed by atoms with Gasteiger partial charge in [-0.15, -0.1) is 11.3 Å². The largest absolute Gasteiger partial charge is 0.478 e. The van der Waals surface area contributed by atoms with Gasteiger partial charge in [0.15, 0.2) is 0 Å². The van der Waals surface area contributed by atoms with Gasteiger partial charge in [-0.3, -0.25) is 0 Å². The Morgan fingerprint density at radius 2 is 2.24 bits per heavy atom. The fourth-order valence-corrected chi connectivity index (χ4v) is 2.95. The fourth-order valence-electron chi connectivity index (χ4n) is 1.93. The van der Waals surface area contributed by atoms with Gasteiger partial charge in [0.1, 0.15) is 0 Å². The summed E-state index contributed by atoms with van der Waals surface area (Å²) >= 11 is 7.33. The minimum Gasteiger partial charge on any atom is -0.478 e. The SMILES string of the molecule is O=C(O)c1cc(-c2ccc(Cl)s2)[nH]c1C1CC1. The molecular formula is C12H10ClNO2S. The second-order valence-corrected chi connectivity index (χ2v) is 5.91. The molecule has 1 fully saturated rings. The first-order valence-corrected chi connectivity index (χ1v) is 6.56. The molecule has 0 atom stereocenters. The van der Waals surface area contributed by atoms with Gasteiger partial charge in [-0.05, 0) is 37.0 Å². The maximum absolute atomic E-state index is 11.2. The Morgan fingerprint density at radius 3 is 2.76 bits per heavy atom. The highest BCUT2D eigenvalue weighted by Crippen LogP contribution is 2.43. The molecule has 1 aliphatic rings. The van der Waals surface area contributed by atoms with Crippen LogP contribution in [0.1, 0.15) is 34.8 Å². The van der Waals surface area contributed by atoms with E-state index in [0.717, 1.165) is 29.1 Å². The molecule has 3 rings (SSSR count). The summed E-state index contributed by atoms with van der Waals surface area (Å²) in [4.78, 5) is 15.4. The number of carbonyl (C=O) groups is 1. The first-order chi connectivity index (χ1) is 8.15. The number of carboxylic acids is 1. The normalized spacial score (nSPS) is 15.1. The number of hydrogen-bond acceptors (Lipinski definition) is 2. The van der Waals surface area contributed by atoms with E-state index in [4.69, 9.17) is 16.7 Å². The second-order valence-electron chi connectivity index (χ2n) is 4.19. The summed E-state index contributed by atoms with van der Waals surface area (Å²) in [5.74, 6) is -0.470. The van der Waals surface area contributed by atoms with Crippen LogP contribution in [0.5, 0.6) is 0 Å². The van der Waals surface area contributed by atoms with Crippen LogP contribution in [0.15, 0.2) is 18.2 Å². The molecule has 0 radical (unpaired) electrons. The van der Waals surface area contributed by atoms with Gasteiger partial charge in [0, 0.05) is 5.69 Å². The lowest BCUT2D eigenvalue weighted by molar-refractivity contribution is 0.0696. The van der Waals surface area contributed by atoms with E-state index >= 15 is 0 Å². The third-order valence-electron chi connectivity index (χ3n) is 2.90. The van der Waals surface area contributed by atoms with Crippen LogP contribution in [0.25, 0.3) is 10.6 Å². The first kappa shape index (κ1) is 10.9. The average Bonchev–Trinajstić information content (AvgIpc) is 2.87. The molecule has 2 aromatic heterocycles. The summed E-state index contributed by atoms with van der Waals surface area (Å²) < 4.78 is 0.708. The van der Waals surface area contributed by atoms with Crippen LogP contribution in [-0.4, -0.2) is 16.1 Å². The minimum absolute atomic E-state index is 0.394. The Bertz CT molecular complexity index is 583. The molecule has 3 nitrogen and oxygen atoms in total. The van der Waals surface area contributed by atoms with Gasteiger partial charge in [0.2, 0.25) is 0 Å². The Balaban J connectivity index is 2.06. The lowest BCUT2D eigenvalue weighted by Crippen LogP contribution is -1.98. The topological polar surface area (TPSA) is 53.1 Å². The average molecular weight is 268 g/mol. The van der Waals surface area contributed by atoms with Crippen LogP contribution in [-0.2, 0) is 0 Å². The predicted molar refractivity (Wildman–Crippen MR) is 68.1 cm³/mol. The zero-order chi connectivity index (χ0) is 12.0. The fraction of sp³-hybridized carbons (Fsp3) is 0.250. The van der Waals surface area contributed by atoms with E-state index in [9.17, 15) is 4.79 Å². The molecule has 17 heavy (non-hydrogen) atoms. The van der Waals surface area contributed by atoms with Crippen molar-refractivity contribution in [1.29, 1.82) is 0 Å². The molecule has 0 saturated heterocycles. The number of hydrogen-bond donors (Lipinski definition) is 2. The van der Waals surface area contributed by atoms with Gasteiger partial charge >= 0.3 is 5.97 Å². The third kappa shape index (κ3) is 1.98. The molecule has 0 spiro atoms. The van der Waals surface area contributed by atoms with E-state index in [0.29, 0.717) is 15.8 Å². The summed E-state index contributed by atoms with van der Waals surface area (Å²) in [6, 6.07) is 5.43. The highest BCUT2D eigenvalue weighted by atomic mass is 35.5. The highest BCUT2D eigenvalue weighted by molar-refractivity contribution is 7.19. The predicted octanol–water partition coefficient (Wildman–Crippen LogP) is 3.97. The van der Waals surface area contributed by atoms with Crippen molar-refractivity contribution in [3.8, 4) is 10.6 Å². The smallest absolute Gasteiger partial charge is 0.337 e. The van der Waals surface area contributed by atoms with Gasteiger partial charge in [-0.2, -0.15) is 0 Å². The molecule has 2 aromatic rings. The van der Waals surface area contributed by atoms with Crippen LogP contribution >= 0.6 is 22.9 Å². The standard InChI is InChI=1S/C12H10ClNO2S/c13-10-4-3-9(17-10)8-5-7(12(15)16)11(14-8)6-1-2-6/h3-6,14H,1-2H2,(H,15,16).